The van der Waals surface area contributed by atoms with Gasteiger partial charge in [-0.2, -0.15) is 0 Å². The number of esters is 1. The summed E-state index contributed by atoms with van der Waals surface area (Å²) < 4.78 is 5.17. The van der Waals surface area contributed by atoms with Crippen molar-refractivity contribution in [2.75, 3.05) is 5.32 Å². The van der Waals surface area contributed by atoms with Gasteiger partial charge in [0.1, 0.15) is 0 Å². The summed E-state index contributed by atoms with van der Waals surface area (Å²) in [4.78, 5) is 35.6. The van der Waals surface area contributed by atoms with Gasteiger partial charge in [0.25, 0.3) is 5.91 Å². The quantitative estimate of drug-likeness (QED) is 0.632. The molecule has 3 amide bonds. The summed E-state index contributed by atoms with van der Waals surface area (Å²) in [5.74, 6) is -1.14. The van der Waals surface area contributed by atoms with Crippen molar-refractivity contribution in [3.8, 4) is 0 Å². The molecule has 0 aliphatic rings. The Morgan fingerprint density at radius 3 is 2.33 bits per heavy atom. The van der Waals surface area contributed by atoms with Crippen molar-refractivity contribution >= 4 is 35.2 Å². The number of hydrogen-bond acceptors (Lipinski definition) is 4. The molecule has 8 heteroatoms. The minimum absolute atomic E-state index is 0.227. The molecule has 0 unspecified atom stereocenters. The van der Waals surface area contributed by atoms with Crippen LogP contribution in [0.25, 0.3) is 0 Å². The minimum atomic E-state index is -1.02. The van der Waals surface area contributed by atoms with E-state index in [0.29, 0.717) is 16.3 Å². The Kier molecular flexibility index (Phi) is 7.19. The Hall–Kier alpha value is -3.06. The third-order valence-corrected chi connectivity index (χ3v) is 4.03. The molecular weight excluding hydrogens is 370 g/mol. The maximum Gasteiger partial charge on any atom is 0.312 e. The average Bonchev–Trinajstić information content (AvgIpc) is 2.62. The fraction of sp³-hybridized carbons (Fsp3) is 0.211. The summed E-state index contributed by atoms with van der Waals surface area (Å²) in [6, 6.07) is 14.0. The summed E-state index contributed by atoms with van der Waals surface area (Å²) >= 11 is 6.12. The maximum absolute atomic E-state index is 12.2. The van der Waals surface area contributed by atoms with Gasteiger partial charge in [-0.1, -0.05) is 48.0 Å². The lowest BCUT2D eigenvalue weighted by Gasteiger charge is -2.20. The number of anilines is 1. The van der Waals surface area contributed by atoms with Gasteiger partial charge in [-0.15, -0.1) is 0 Å². The largest absolute Gasteiger partial charge is 0.452 e. The summed E-state index contributed by atoms with van der Waals surface area (Å²) in [7, 11) is 0. The number of carbonyl (C=O) groups is 3. The van der Waals surface area contributed by atoms with Crippen LogP contribution in [0.5, 0.6) is 0 Å². The molecule has 2 aromatic rings. The summed E-state index contributed by atoms with van der Waals surface area (Å²) in [6.07, 6.45) is -1.24. The lowest BCUT2D eigenvalue weighted by atomic mass is 10.0. The lowest BCUT2D eigenvalue weighted by Crippen LogP contribution is -2.36. The van der Waals surface area contributed by atoms with Gasteiger partial charge in [0.15, 0.2) is 6.10 Å². The number of urea groups is 1. The number of amides is 3. The normalized spacial score (nSPS) is 12.5. The van der Waals surface area contributed by atoms with E-state index in [1.807, 2.05) is 6.07 Å². The van der Waals surface area contributed by atoms with Crippen LogP contribution in [0.2, 0.25) is 5.02 Å². The molecule has 2 rings (SSSR count). The molecule has 0 saturated carbocycles. The molecular formula is C19H20ClN3O4. The molecule has 0 radical (unpaired) electrons. The second-order valence-corrected chi connectivity index (χ2v) is 6.18. The van der Waals surface area contributed by atoms with Crippen LogP contribution in [0.3, 0.4) is 0 Å². The van der Waals surface area contributed by atoms with Crippen LogP contribution in [0, 0.1) is 0 Å². The molecule has 0 aliphatic carbocycles. The Bertz CT molecular complexity index is 814. The highest BCUT2D eigenvalue weighted by molar-refractivity contribution is 6.31. The summed E-state index contributed by atoms with van der Waals surface area (Å²) in [5.41, 5.74) is 6.30. The van der Waals surface area contributed by atoms with Crippen LogP contribution >= 0.6 is 11.6 Å². The van der Waals surface area contributed by atoms with Crippen molar-refractivity contribution in [3.63, 3.8) is 0 Å². The first-order valence-electron chi connectivity index (χ1n) is 8.22. The number of nitrogens with one attached hydrogen (secondary N) is 2. The van der Waals surface area contributed by atoms with Gasteiger partial charge in [-0.3, -0.25) is 9.59 Å². The number of benzene rings is 2. The third-order valence-electron chi connectivity index (χ3n) is 3.69. The Balaban J connectivity index is 1.99. The van der Waals surface area contributed by atoms with E-state index in [-0.39, 0.29) is 6.42 Å². The van der Waals surface area contributed by atoms with Crippen LogP contribution in [-0.4, -0.2) is 24.0 Å². The van der Waals surface area contributed by atoms with Crippen molar-refractivity contribution in [3.05, 3.63) is 65.2 Å². The molecule has 4 N–H and O–H groups in total. The molecule has 0 saturated heterocycles. The molecule has 0 fully saturated rings. The predicted molar refractivity (Wildman–Crippen MR) is 102 cm³/mol. The molecule has 2 aromatic carbocycles. The highest BCUT2D eigenvalue weighted by Gasteiger charge is 2.24. The molecule has 0 spiro atoms. The first-order chi connectivity index (χ1) is 12.9. The molecule has 2 atom stereocenters. The Morgan fingerprint density at radius 1 is 1.07 bits per heavy atom. The number of ether oxygens (including phenoxy) is 1. The van der Waals surface area contributed by atoms with E-state index in [1.54, 1.807) is 48.5 Å². The van der Waals surface area contributed by atoms with E-state index < -0.39 is 30.1 Å². The second kappa shape index (κ2) is 9.59. The molecule has 0 bridgehead atoms. The van der Waals surface area contributed by atoms with Gasteiger partial charge in [-0.05, 0) is 30.7 Å². The number of halogens is 1. The highest BCUT2D eigenvalue weighted by Crippen LogP contribution is 2.25. The van der Waals surface area contributed by atoms with Crippen LogP contribution in [0.4, 0.5) is 10.5 Å². The van der Waals surface area contributed by atoms with E-state index in [2.05, 4.69) is 10.6 Å². The first kappa shape index (κ1) is 20.3. The van der Waals surface area contributed by atoms with E-state index in [0.717, 1.165) is 0 Å². The van der Waals surface area contributed by atoms with Crippen molar-refractivity contribution in [2.24, 2.45) is 5.73 Å². The number of carbonyl (C=O) groups excluding carboxylic acids is 3. The monoisotopic (exact) mass is 389 g/mol. The van der Waals surface area contributed by atoms with Crippen LogP contribution < -0.4 is 16.4 Å². The molecule has 0 heterocycles. The van der Waals surface area contributed by atoms with Crippen LogP contribution in [-0.2, 0) is 14.3 Å². The first-order valence-corrected chi connectivity index (χ1v) is 8.60. The van der Waals surface area contributed by atoms with E-state index in [1.165, 1.54) is 6.92 Å². The molecule has 142 valence electrons. The van der Waals surface area contributed by atoms with Gasteiger partial charge in [-0.25, -0.2) is 4.79 Å². The van der Waals surface area contributed by atoms with Crippen molar-refractivity contribution in [1.82, 2.24) is 5.32 Å². The SMILES string of the molecule is C[C@H](OC(=O)C[C@H](NC(N)=O)c1ccccc1Cl)C(=O)Nc1ccccc1. The van der Waals surface area contributed by atoms with Crippen molar-refractivity contribution in [1.29, 1.82) is 0 Å². The van der Waals surface area contributed by atoms with Crippen LogP contribution in [0.15, 0.2) is 54.6 Å². The van der Waals surface area contributed by atoms with Gasteiger partial charge in [0.2, 0.25) is 0 Å². The average molecular weight is 390 g/mol. The van der Waals surface area contributed by atoms with Crippen molar-refractivity contribution < 1.29 is 19.1 Å². The van der Waals surface area contributed by atoms with E-state index in [4.69, 9.17) is 22.1 Å². The van der Waals surface area contributed by atoms with Gasteiger partial charge >= 0.3 is 12.0 Å². The van der Waals surface area contributed by atoms with Crippen molar-refractivity contribution in [2.45, 2.75) is 25.5 Å². The zero-order valence-corrected chi connectivity index (χ0v) is 15.4. The number of rotatable bonds is 7. The molecule has 0 aromatic heterocycles. The minimum Gasteiger partial charge on any atom is -0.452 e. The summed E-state index contributed by atoms with van der Waals surface area (Å²) in [5, 5.41) is 5.48. The fourth-order valence-electron chi connectivity index (χ4n) is 2.40. The number of hydrogen-bond donors (Lipinski definition) is 3. The standard InChI is InChI=1S/C19H20ClN3O4/c1-12(18(25)22-13-7-3-2-4-8-13)27-17(24)11-16(23-19(21)26)14-9-5-6-10-15(14)20/h2-10,12,16H,11H2,1H3,(H,22,25)(H3,21,23,26)/t12-,16-/m0/s1. The number of para-hydroxylation sites is 1. The maximum atomic E-state index is 12.2. The van der Waals surface area contributed by atoms with E-state index >= 15 is 0 Å². The summed E-state index contributed by atoms with van der Waals surface area (Å²) in [6.45, 7) is 1.46. The predicted octanol–water partition coefficient (Wildman–Crippen LogP) is 3.01. The third kappa shape index (κ3) is 6.31. The number of nitrogens with two attached hydrogens (primary N) is 1. The zero-order valence-electron chi connectivity index (χ0n) is 14.6. The molecule has 7 nitrogen and oxygen atoms in total. The van der Waals surface area contributed by atoms with Gasteiger partial charge < -0.3 is 21.1 Å². The van der Waals surface area contributed by atoms with E-state index in [9.17, 15) is 14.4 Å². The highest BCUT2D eigenvalue weighted by atomic mass is 35.5. The number of primary amides is 1. The van der Waals surface area contributed by atoms with Crippen LogP contribution in [0.1, 0.15) is 24.9 Å². The fourth-order valence-corrected chi connectivity index (χ4v) is 2.67. The Morgan fingerprint density at radius 2 is 1.70 bits per heavy atom. The molecule has 0 aliphatic heterocycles. The smallest absolute Gasteiger partial charge is 0.312 e. The zero-order chi connectivity index (χ0) is 19.8. The van der Waals surface area contributed by atoms with Gasteiger partial charge in [0, 0.05) is 10.7 Å². The Labute approximate surface area is 161 Å². The lowest BCUT2D eigenvalue weighted by molar-refractivity contribution is -0.153. The topological polar surface area (TPSA) is 111 Å². The van der Waals surface area contributed by atoms with Gasteiger partial charge in [0.05, 0.1) is 12.5 Å². The molecule has 27 heavy (non-hydrogen) atoms. The second-order valence-electron chi connectivity index (χ2n) is 5.77.